The van der Waals surface area contributed by atoms with Gasteiger partial charge in [0.15, 0.2) is 0 Å². The number of carbonyl (C=O) groups excluding carboxylic acids is 1. The summed E-state index contributed by atoms with van der Waals surface area (Å²) in [6, 6.07) is 16.2. The summed E-state index contributed by atoms with van der Waals surface area (Å²) in [5.74, 6) is 1.46. The van der Waals surface area contributed by atoms with Gasteiger partial charge >= 0.3 is 0 Å². The molecule has 1 atom stereocenters. The maximum Gasteiger partial charge on any atom is 0.234 e. The second-order valence-corrected chi connectivity index (χ2v) is 7.15. The number of anilines is 1. The van der Waals surface area contributed by atoms with Crippen molar-refractivity contribution in [3.63, 3.8) is 0 Å². The Hall–Kier alpha value is -2.40. The van der Waals surface area contributed by atoms with Gasteiger partial charge in [-0.25, -0.2) is 4.98 Å². The lowest BCUT2D eigenvalue weighted by atomic mass is 9.96. The van der Waals surface area contributed by atoms with Crippen molar-refractivity contribution in [2.24, 2.45) is 5.92 Å². The fourth-order valence-electron chi connectivity index (χ4n) is 3.39. The van der Waals surface area contributed by atoms with Crippen molar-refractivity contribution in [3.8, 4) is 0 Å². The first-order valence-electron chi connectivity index (χ1n) is 9.36. The lowest BCUT2D eigenvalue weighted by molar-refractivity contribution is -0.123. The molecule has 0 bridgehead atoms. The van der Waals surface area contributed by atoms with Gasteiger partial charge in [-0.3, -0.25) is 9.69 Å². The molecule has 0 saturated carbocycles. The van der Waals surface area contributed by atoms with Gasteiger partial charge in [-0.05, 0) is 23.6 Å². The van der Waals surface area contributed by atoms with Gasteiger partial charge in [-0.15, -0.1) is 0 Å². The van der Waals surface area contributed by atoms with Gasteiger partial charge < -0.3 is 10.2 Å². The van der Waals surface area contributed by atoms with Crippen molar-refractivity contribution in [2.45, 2.75) is 19.9 Å². The zero-order valence-electron chi connectivity index (χ0n) is 15.6. The Kier molecular flexibility index (Phi) is 6.23. The zero-order valence-corrected chi connectivity index (χ0v) is 15.6. The molecule has 1 unspecified atom stereocenters. The quantitative estimate of drug-likeness (QED) is 0.868. The summed E-state index contributed by atoms with van der Waals surface area (Å²) in [4.78, 5) is 21.5. The molecular formula is C21H28N4O. The van der Waals surface area contributed by atoms with Crippen molar-refractivity contribution in [3.05, 3.63) is 60.3 Å². The minimum Gasteiger partial charge on any atom is -0.354 e. The Morgan fingerprint density at radius 3 is 2.35 bits per heavy atom. The first kappa shape index (κ1) is 18.4. The fourth-order valence-corrected chi connectivity index (χ4v) is 3.39. The van der Waals surface area contributed by atoms with E-state index in [9.17, 15) is 4.79 Å². The monoisotopic (exact) mass is 352 g/mol. The Morgan fingerprint density at radius 2 is 1.73 bits per heavy atom. The third kappa shape index (κ3) is 4.82. The van der Waals surface area contributed by atoms with Crippen LogP contribution in [0.1, 0.15) is 25.5 Å². The Morgan fingerprint density at radius 1 is 1.04 bits per heavy atom. The molecule has 1 fully saturated rings. The lowest BCUT2D eigenvalue weighted by Gasteiger charge is -2.35. The van der Waals surface area contributed by atoms with Crippen LogP contribution in [0.25, 0.3) is 0 Å². The molecule has 1 aliphatic rings. The average molecular weight is 352 g/mol. The van der Waals surface area contributed by atoms with Gasteiger partial charge in [0.1, 0.15) is 5.82 Å². The number of nitrogens with zero attached hydrogens (tertiary/aromatic N) is 3. The van der Waals surface area contributed by atoms with E-state index in [0.29, 0.717) is 12.5 Å². The van der Waals surface area contributed by atoms with Gasteiger partial charge in [-0.2, -0.15) is 0 Å². The minimum absolute atomic E-state index is 0.0542. The van der Waals surface area contributed by atoms with E-state index in [1.165, 1.54) is 0 Å². The van der Waals surface area contributed by atoms with Gasteiger partial charge in [0.05, 0.1) is 12.6 Å². The number of carbonyl (C=O) groups is 1. The topological polar surface area (TPSA) is 48.5 Å². The number of piperazine rings is 1. The van der Waals surface area contributed by atoms with Gasteiger partial charge in [0.25, 0.3) is 0 Å². The summed E-state index contributed by atoms with van der Waals surface area (Å²) < 4.78 is 0. The molecule has 1 N–H and O–H groups in total. The van der Waals surface area contributed by atoms with Crippen molar-refractivity contribution < 1.29 is 4.79 Å². The highest BCUT2D eigenvalue weighted by Gasteiger charge is 2.22. The highest BCUT2D eigenvalue weighted by atomic mass is 16.2. The molecular weight excluding hydrogens is 324 g/mol. The molecule has 5 heteroatoms. The van der Waals surface area contributed by atoms with Crippen LogP contribution in [0.3, 0.4) is 0 Å². The van der Waals surface area contributed by atoms with Crippen molar-refractivity contribution >= 4 is 11.7 Å². The number of nitrogens with one attached hydrogen (secondary N) is 1. The van der Waals surface area contributed by atoms with E-state index >= 15 is 0 Å². The van der Waals surface area contributed by atoms with Gasteiger partial charge in [0, 0.05) is 32.4 Å². The Balaban J connectivity index is 1.51. The van der Waals surface area contributed by atoms with E-state index in [0.717, 1.165) is 37.6 Å². The Labute approximate surface area is 156 Å². The molecule has 5 nitrogen and oxygen atoms in total. The number of benzene rings is 1. The minimum atomic E-state index is 0.0542. The van der Waals surface area contributed by atoms with E-state index in [1.54, 1.807) is 0 Å². The molecule has 1 aliphatic heterocycles. The lowest BCUT2D eigenvalue weighted by Crippen LogP contribution is -2.50. The average Bonchev–Trinajstić information content (AvgIpc) is 2.68. The maximum absolute atomic E-state index is 12.6. The largest absolute Gasteiger partial charge is 0.354 e. The Bertz CT molecular complexity index is 682. The smallest absolute Gasteiger partial charge is 0.234 e. The van der Waals surface area contributed by atoms with E-state index in [1.807, 2.05) is 42.6 Å². The highest BCUT2D eigenvalue weighted by Crippen LogP contribution is 2.21. The number of amides is 1. The van der Waals surface area contributed by atoms with Gasteiger partial charge in [0.2, 0.25) is 5.91 Å². The summed E-state index contributed by atoms with van der Waals surface area (Å²) in [6.45, 7) is 8.29. The van der Waals surface area contributed by atoms with Crippen LogP contribution in [0.5, 0.6) is 0 Å². The summed E-state index contributed by atoms with van der Waals surface area (Å²) in [7, 11) is 0. The summed E-state index contributed by atoms with van der Waals surface area (Å²) in [6.07, 6.45) is 1.82. The number of pyridine rings is 1. The van der Waals surface area contributed by atoms with Crippen LogP contribution in [0, 0.1) is 5.92 Å². The third-order valence-corrected chi connectivity index (χ3v) is 4.85. The van der Waals surface area contributed by atoms with E-state index in [-0.39, 0.29) is 11.9 Å². The fraction of sp³-hybridized carbons (Fsp3) is 0.429. The summed E-state index contributed by atoms with van der Waals surface area (Å²) in [5, 5.41) is 3.22. The molecule has 2 heterocycles. The first-order chi connectivity index (χ1) is 12.6. The van der Waals surface area contributed by atoms with Gasteiger partial charge in [-0.1, -0.05) is 50.2 Å². The van der Waals surface area contributed by atoms with Crippen LogP contribution >= 0.6 is 0 Å². The second kappa shape index (κ2) is 8.81. The maximum atomic E-state index is 12.6. The molecule has 1 amide bonds. The van der Waals surface area contributed by atoms with E-state index in [2.05, 4.69) is 46.1 Å². The summed E-state index contributed by atoms with van der Waals surface area (Å²) >= 11 is 0. The van der Waals surface area contributed by atoms with Crippen LogP contribution < -0.4 is 10.2 Å². The third-order valence-electron chi connectivity index (χ3n) is 4.85. The van der Waals surface area contributed by atoms with E-state index in [4.69, 9.17) is 0 Å². The van der Waals surface area contributed by atoms with Crippen LogP contribution in [-0.2, 0) is 4.79 Å². The van der Waals surface area contributed by atoms with Crippen molar-refractivity contribution in [1.29, 1.82) is 0 Å². The predicted octanol–water partition coefficient (Wildman–Crippen LogP) is 2.72. The summed E-state index contributed by atoms with van der Waals surface area (Å²) in [5.41, 5.74) is 1.16. The number of rotatable bonds is 6. The molecule has 26 heavy (non-hydrogen) atoms. The number of aromatic nitrogens is 1. The van der Waals surface area contributed by atoms with Crippen molar-refractivity contribution in [1.82, 2.24) is 15.2 Å². The molecule has 1 aromatic heterocycles. The molecule has 0 radical (unpaired) electrons. The van der Waals surface area contributed by atoms with Crippen LogP contribution in [0.4, 0.5) is 5.82 Å². The molecule has 3 rings (SSSR count). The SMILES string of the molecule is CC(C)C(NC(=O)CN1CCN(c2ccccn2)CC1)c1ccccc1. The molecule has 1 aromatic carbocycles. The molecule has 0 spiro atoms. The number of hydrogen-bond donors (Lipinski definition) is 1. The molecule has 0 aliphatic carbocycles. The molecule has 138 valence electrons. The second-order valence-electron chi connectivity index (χ2n) is 7.15. The predicted molar refractivity (Wildman–Crippen MR) is 105 cm³/mol. The zero-order chi connectivity index (χ0) is 18.4. The molecule has 1 saturated heterocycles. The standard InChI is InChI=1S/C21H28N4O/c1-17(2)21(18-8-4-3-5-9-18)23-20(26)16-24-12-14-25(15-13-24)19-10-6-7-11-22-19/h3-11,17,21H,12-16H2,1-2H3,(H,23,26). The van der Waals surface area contributed by atoms with Crippen LogP contribution in [0.15, 0.2) is 54.7 Å². The number of hydrogen-bond acceptors (Lipinski definition) is 4. The van der Waals surface area contributed by atoms with Crippen LogP contribution in [-0.4, -0.2) is 48.5 Å². The highest BCUT2D eigenvalue weighted by molar-refractivity contribution is 5.78. The van der Waals surface area contributed by atoms with Crippen LogP contribution in [0.2, 0.25) is 0 Å². The molecule has 2 aromatic rings. The normalized spacial score (nSPS) is 16.5. The first-order valence-corrected chi connectivity index (χ1v) is 9.36. The van der Waals surface area contributed by atoms with E-state index < -0.39 is 0 Å². The van der Waals surface area contributed by atoms with Crippen molar-refractivity contribution in [2.75, 3.05) is 37.6 Å².